The fourth-order valence-electron chi connectivity index (χ4n) is 12.7. The molecule has 0 saturated carbocycles. The van der Waals surface area contributed by atoms with Crippen LogP contribution in [0.3, 0.4) is 0 Å². The summed E-state index contributed by atoms with van der Waals surface area (Å²) in [6.07, 6.45) is 0. The lowest BCUT2D eigenvalue weighted by molar-refractivity contribution is 0.590. The van der Waals surface area contributed by atoms with E-state index in [4.69, 9.17) is 9.97 Å². The molecule has 5 heteroatoms. The molecule has 11 aromatic carbocycles. The first-order chi connectivity index (χ1) is 40.4. The van der Waals surface area contributed by atoms with Crippen LogP contribution in [-0.2, 0) is 10.8 Å². The van der Waals surface area contributed by atoms with Gasteiger partial charge in [0.25, 0.3) is 0 Å². The van der Waals surface area contributed by atoms with Crippen molar-refractivity contribution in [3.05, 3.63) is 272 Å². The van der Waals surface area contributed by atoms with Crippen LogP contribution in [-0.4, -0.2) is 23.7 Å². The second-order valence-electron chi connectivity index (χ2n) is 24.2. The summed E-state index contributed by atoms with van der Waals surface area (Å²) in [6.45, 7) is 13.9. The molecular formula is C78H61N5. The molecule has 0 saturated heterocycles. The van der Waals surface area contributed by atoms with E-state index in [-0.39, 0.29) is 10.8 Å². The first-order valence-corrected chi connectivity index (χ1v) is 28.9. The van der Waals surface area contributed by atoms with E-state index >= 15 is 0 Å². The van der Waals surface area contributed by atoms with Crippen LogP contribution >= 0.6 is 0 Å². The molecule has 0 fully saturated rings. The first-order valence-electron chi connectivity index (χ1n) is 28.9. The predicted octanol–water partition coefficient (Wildman–Crippen LogP) is 20.7. The smallest absolute Gasteiger partial charge is 0.160 e. The summed E-state index contributed by atoms with van der Waals surface area (Å²) >= 11 is 0. The van der Waals surface area contributed by atoms with Crippen molar-refractivity contribution in [2.75, 3.05) is 0 Å². The van der Waals surface area contributed by atoms with Crippen LogP contribution < -0.4 is 0 Å². The molecule has 398 valence electrons. The summed E-state index contributed by atoms with van der Waals surface area (Å²) in [5.41, 5.74) is 21.8. The molecule has 0 amide bonds. The second-order valence-corrected chi connectivity index (χ2v) is 24.2. The molecule has 0 unspecified atom stereocenters. The van der Waals surface area contributed by atoms with E-state index in [9.17, 15) is 0 Å². The molecule has 0 aliphatic rings. The lowest BCUT2D eigenvalue weighted by Crippen LogP contribution is -2.10. The summed E-state index contributed by atoms with van der Waals surface area (Å²) in [7, 11) is 0. The molecule has 4 aromatic heterocycles. The van der Waals surface area contributed by atoms with E-state index in [2.05, 4.69) is 310 Å². The average molecular weight is 1070 g/mol. The number of fused-ring (bicyclic) bond motifs is 9. The Kier molecular flexibility index (Phi) is 11.6. The maximum Gasteiger partial charge on any atom is 0.160 e. The Hall–Kier alpha value is -10.1. The van der Waals surface area contributed by atoms with Crippen molar-refractivity contribution < 1.29 is 0 Å². The number of hydrogen-bond donors (Lipinski definition) is 0. The molecular weight excluding hydrogens is 1010 g/mol. The van der Waals surface area contributed by atoms with Crippen LogP contribution in [0.15, 0.2) is 261 Å². The Labute approximate surface area is 484 Å². The van der Waals surface area contributed by atoms with Gasteiger partial charge in [0.05, 0.1) is 50.2 Å². The average Bonchev–Trinajstić information content (AvgIpc) is 2.95. The third-order valence-corrected chi connectivity index (χ3v) is 17.0. The lowest BCUT2D eigenvalue weighted by Gasteiger charge is -2.23. The summed E-state index contributed by atoms with van der Waals surface area (Å²) in [5, 5.41) is 7.42. The zero-order valence-corrected chi connectivity index (χ0v) is 47.6. The molecule has 0 N–H and O–H groups in total. The van der Waals surface area contributed by atoms with Gasteiger partial charge in [-0.25, -0.2) is 9.97 Å². The highest BCUT2D eigenvalue weighted by atomic mass is 15.0. The maximum absolute atomic E-state index is 5.51. The van der Waals surface area contributed by atoms with Crippen LogP contribution in [0.4, 0.5) is 0 Å². The van der Waals surface area contributed by atoms with Crippen LogP contribution in [0.1, 0.15) is 52.7 Å². The number of nitrogens with zero attached hydrogens (tertiary/aromatic N) is 5. The van der Waals surface area contributed by atoms with Gasteiger partial charge in [0.2, 0.25) is 0 Å². The molecule has 0 atom stereocenters. The number of benzene rings is 11. The van der Waals surface area contributed by atoms with Crippen molar-refractivity contribution in [1.29, 1.82) is 0 Å². The molecule has 0 spiro atoms. The van der Waals surface area contributed by atoms with Gasteiger partial charge in [0, 0.05) is 71.5 Å². The monoisotopic (exact) mass is 1070 g/mol. The standard InChI is InChI=1S/C78H61N5/c1-77(2,3)55-37-43-73-65(47-55)66-48-56(78(4,5)6)38-44-74(66)83(73)75-63(50-33-39-57(40-34-50)81-69-29-17-13-25-59(69)60-26-14-18-30-70(60)81)45-54(68-49-67(52-21-9-7-10-22-52)79-76(80-68)53-23-11-8-12-24-53)46-64(75)51-35-41-58(42-36-51)82-71-31-19-15-27-61(71)62-28-16-20-32-72(62)82/h7-49H,1-6H3. The summed E-state index contributed by atoms with van der Waals surface area (Å²) in [4.78, 5) is 10.8. The van der Waals surface area contributed by atoms with E-state index in [1.54, 1.807) is 0 Å². The van der Waals surface area contributed by atoms with Gasteiger partial charge in [0.15, 0.2) is 5.82 Å². The van der Waals surface area contributed by atoms with E-state index < -0.39 is 0 Å². The van der Waals surface area contributed by atoms with Gasteiger partial charge >= 0.3 is 0 Å². The molecule has 15 rings (SSSR count). The molecule has 4 heterocycles. The number of rotatable bonds is 8. The van der Waals surface area contributed by atoms with Crippen LogP contribution in [0.2, 0.25) is 0 Å². The molecule has 0 bridgehead atoms. The second kappa shape index (κ2) is 19.3. The van der Waals surface area contributed by atoms with Crippen LogP contribution in [0.5, 0.6) is 0 Å². The Morgan fingerprint density at radius 3 is 1.01 bits per heavy atom. The molecule has 5 nitrogen and oxygen atoms in total. The van der Waals surface area contributed by atoms with Crippen LogP contribution in [0, 0.1) is 0 Å². The van der Waals surface area contributed by atoms with Crippen molar-refractivity contribution in [3.8, 4) is 73.2 Å². The van der Waals surface area contributed by atoms with Gasteiger partial charge in [-0.2, -0.15) is 0 Å². The largest absolute Gasteiger partial charge is 0.309 e. The highest BCUT2D eigenvalue weighted by molar-refractivity contribution is 6.13. The number of aromatic nitrogens is 5. The van der Waals surface area contributed by atoms with Gasteiger partial charge in [-0.15, -0.1) is 0 Å². The topological polar surface area (TPSA) is 40.6 Å². The van der Waals surface area contributed by atoms with E-state index in [1.165, 1.54) is 65.5 Å². The highest BCUT2D eigenvalue weighted by Gasteiger charge is 2.26. The van der Waals surface area contributed by atoms with Gasteiger partial charge in [-0.05, 0) is 124 Å². The Bertz CT molecular complexity index is 4590. The molecule has 0 radical (unpaired) electrons. The Morgan fingerprint density at radius 2 is 0.614 bits per heavy atom. The minimum absolute atomic E-state index is 0.0623. The van der Waals surface area contributed by atoms with Crippen molar-refractivity contribution in [2.45, 2.75) is 52.4 Å². The van der Waals surface area contributed by atoms with Gasteiger partial charge in [0.1, 0.15) is 0 Å². The Morgan fingerprint density at radius 1 is 0.265 bits per heavy atom. The third-order valence-electron chi connectivity index (χ3n) is 17.0. The van der Waals surface area contributed by atoms with E-state index in [0.717, 1.165) is 78.4 Å². The van der Waals surface area contributed by atoms with E-state index in [0.29, 0.717) is 5.82 Å². The first kappa shape index (κ1) is 49.9. The van der Waals surface area contributed by atoms with E-state index in [1.807, 2.05) is 6.07 Å². The number of hydrogen-bond acceptors (Lipinski definition) is 2. The predicted molar refractivity (Wildman–Crippen MR) is 350 cm³/mol. The van der Waals surface area contributed by atoms with Crippen molar-refractivity contribution in [1.82, 2.24) is 23.7 Å². The fraction of sp³-hybridized carbons (Fsp3) is 0.103. The van der Waals surface area contributed by atoms with Gasteiger partial charge < -0.3 is 13.7 Å². The van der Waals surface area contributed by atoms with Crippen molar-refractivity contribution >= 4 is 65.4 Å². The fourth-order valence-corrected chi connectivity index (χ4v) is 12.7. The summed E-state index contributed by atoms with van der Waals surface area (Å²) < 4.78 is 7.36. The molecule has 0 aliphatic carbocycles. The number of para-hydroxylation sites is 4. The van der Waals surface area contributed by atoms with Crippen molar-refractivity contribution in [2.24, 2.45) is 0 Å². The lowest BCUT2D eigenvalue weighted by atomic mass is 9.85. The third kappa shape index (κ3) is 8.45. The maximum atomic E-state index is 5.51. The minimum atomic E-state index is -0.0623. The Balaban J connectivity index is 1.05. The van der Waals surface area contributed by atoms with Crippen LogP contribution in [0.25, 0.3) is 139 Å². The summed E-state index contributed by atoms with van der Waals surface area (Å²) in [6, 6.07) is 95.6. The molecule has 0 aliphatic heterocycles. The zero-order valence-electron chi connectivity index (χ0n) is 47.6. The molecule has 83 heavy (non-hydrogen) atoms. The minimum Gasteiger partial charge on any atom is -0.309 e. The van der Waals surface area contributed by atoms with Crippen molar-refractivity contribution in [3.63, 3.8) is 0 Å². The zero-order chi connectivity index (χ0) is 56.1. The van der Waals surface area contributed by atoms with Gasteiger partial charge in [-0.1, -0.05) is 211 Å². The molecule has 15 aromatic rings. The van der Waals surface area contributed by atoms with Gasteiger partial charge in [-0.3, -0.25) is 0 Å². The quantitative estimate of drug-likeness (QED) is 0.152. The SMILES string of the molecule is CC(C)(C)c1ccc2c(c1)c1cc(C(C)(C)C)ccc1n2-c1c(-c2ccc(-n3c4ccccc4c4ccccc43)cc2)cc(-c2cc(-c3ccccc3)nc(-c3ccccc3)n2)cc1-c1ccc(-n2c3ccccc3c3ccccc32)cc1. The summed E-state index contributed by atoms with van der Waals surface area (Å²) in [5.74, 6) is 0.673. The normalized spacial score (nSPS) is 12.2. The highest BCUT2D eigenvalue weighted by Crippen LogP contribution is 2.47.